The molecule has 4 nitrogen and oxygen atoms in total. The van der Waals surface area contributed by atoms with Crippen molar-refractivity contribution in [2.75, 3.05) is 13.7 Å². The number of ether oxygens (including phenoxy) is 1. The van der Waals surface area contributed by atoms with Gasteiger partial charge in [-0.2, -0.15) is 0 Å². The third kappa shape index (κ3) is 2.23. The average molecular weight is 219 g/mol. The molecule has 0 saturated heterocycles. The van der Waals surface area contributed by atoms with Crippen LogP contribution >= 0.6 is 0 Å². The molecule has 2 aromatic rings. The van der Waals surface area contributed by atoms with Crippen molar-refractivity contribution >= 4 is 0 Å². The molecule has 0 spiro atoms. The van der Waals surface area contributed by atoms with Crippen molar-refractivity contribution in [3.63, 3.8) is 0 Å². The highest BCUT2D eigenvalue weighted by Gasteiger charge is 2.05. The SMILES string of the molecule is COc1ccc(-c2cnc(CCO)o2)cc1. The normalized spacial score (nSPS) is 10.4. The number of aromatic nitrogens is 1. The van der Waals surface area contributed by atoms with Gasteiger partial charge in [-0.15, -0.1) is 0 Å². The number of hydrogen-bond acceptors (Lipinski definition) is 4. The summed E-state index contributed by atoms with van der Waals surface area (Å²) in [6.45, 7) is 0.0442. The van der Waals surface area contributed by atoms with Crippen molar-refractivity contribution in [1.82, 2.24) is 4.98 Å². The quantitative estimate of drug-likeness (QED) is 0.853. The van der Waals surface area contributed by atoms with E-state index in [0.717, 1.165) is 11.3 Å². The standard InChI is InChI=1S/C12H13NO3/c1-15-10-4-2-9(3-5-10)11-8-13-12(16-11)6-7-14/h2-5,8,14H,6-7H2,1H3. The van der Waals surface area contributed by atoms with Crippen LogP contribution in [0.2, 0.25) is 0 Å². The van der Waals surface area contributed by atoms with E-state index in [0.29, 0.717) is 18.1 Å². The van der Waals surface area contributed by atoms with Crippen LogP contribution in [0.25, 0.3) is 11.3 Å². The molecule has 0 atom stereocenters. The number of benzene rings is 1. The van der Waals surface area contributed by atoms with Crippen molar-refractivity contribution in [2.45, 2.75) is 6.42 Å². The van der Waals surface area contributed by atoms with Crippen LogP contribution in [-0.2, 0) is 6.42 Å². The zero-order valence-corrected chi connectivity index (χ0v) is 9.01. The van der Waals surface area contributed by atoms with E-state index in [9.17, 15) is 0 Å². The Hall–Kier alpha value is -1.81. The first-order chi connectivity index (χ1) is 7.83. The van der Waals surface area contributed by atoms with Crippen LogP contribution in [0, 0.1) is 0 Å². The second-order valence-electron chi connectivity index (χ2n) is 3.32. The summed E-state index contributed by atoms with van der Waals surface area (Å²) in [4.78, 5) is 4.07. The summed E-state index contributed by atoms with van der Waals surface area (Å²) < 4.78 is 10.5. The summed E-state index contributed by atoms with van der Waals surface area (Å²) in [6, 6.07) is 7.54. The number of aliphatic hydroxyl groups excluding tert-OH is 1. The molecule has 1 heterocycles. The van der Waals surface area contributed by atoms with Crippen LogP contribution in [0.3, 0.4) is 0 Å². The van der Waals surface area contributed by atoms with Gasteiger partial charge in [0.1, 0.15) is 5.75 Å². The molecule has 0 unspecified atom stereocenters. The second kappa shape index (κ2) is 4.81. The topological polar surface area (TPSA) is 55.5 Å². The van der Waals surface area contributed by atoms with Crippen LogP contribution in [0.1, 0.15) is 5.89 Å². The maximum atomic E-state index is 8.75. The monoisotopic (exact) mass is 219 g/mol. The number of aliphatic hydroxyl groups is 1. The summed E-state index contributed by atoms with van der Waals surface area (Å²) in [7, 11) is 1.63. The highest BCUT2D eigenvalue weighted by molar-refractivity contribution is 5.57. The Kier molecular flexibility index (Phi) is 3.22. The number of nitrogens with zero attached hydrogens (tertiary/aromatic N) is 1. The molecule has 84 valence electrons. The van der Waals surface area contributed by atoms with E-state index in [4.69, 9.17) is 14.3 Å². The summed E-state index contributed by atoms with van der Waals surface area (Å²) in [5.41, 5.74) is 0.942. The van der Waals surface area contributed by atoms with E-state index in [2.05, 4.69) is 4.98 Å². The number of methoxy groups -OCH3 is 1. The molecule has 0 radical (unpaired) electrons. The zero-order chi connectivity index (χ0) is 11.4. The molecule has 0 bridgehead atoms. The molecule has 1 N–H and O–H groups in total. The summed E-state index contributed by atoms with van der Waals surface area (Å²) in [5.74, 6) is 2.05. The number of hydrogen-bond donors (Lipinski definition) is 1. The van der Waals surface area contributed by atoms with Gasteiger partial charge >= 0.3 is 0 Å². The predicted octanol–water partition coefficient (Wildman–Crippen LogP) is 1.89. The first-order valence-electron chi connectivity index (χ1n) is 5.03. The van der Waals surface area contributed by atoms with Gasteiger partial charge in [-0.05, 0) is 24.3 Å². The lowest BCUT2D eigenvalue weighted by Gasteiger charge is -2.00. The Bertz CT molecular complexity index is 448. The van der Waals surface area contributed by atoms with Gasteiger partial charge in [0, 0.05) is 12.0 Å². The van der Waals surface area contributed by atoms with Gasteiger partial charge in [-0.1, -0.05) is 0 Å². The van der Waals surface area contributed by atoms with E-state index in [1.807, 2.05) is 24.3 Å². The van der Waals surface area contributed by atoms with Crippen molar-refractivity contribution in [1.29, 1.82) is 0 Å². The van der Waals surface area contributed by atoms with Gasteiger partial charge in [-0.25, -0.2) is 4.98 Å². The summed E-state index contributed by atoms with van der Waals surface area (Å²) in [6.07, 6.45) is 2.10. The molecular weight excluding hydrogens is 206 g/mol. The minimum atomic E-state index is 0.0442. The minimum Gasteiger partial charge on any atom is -0.497 e. The lowest BCUT2D eigenvalue weighted by Crippen LogP contribution is -1.88. The molecule has 0 saturated carbocycles. The van der Waals surface area contributed by atoms with Crippen LogP contribution in [0.5, 0.6) is 5.75 Å². The molecule has 0 aliphatic heterocycles. The number of rotatable bonds is 4. The first-order valence-corrected chi connectivity index (χ1v) is 5.03. The summed E-state index contributed by atoms with van der Waals surface area (Å²) >= 11 is 0. The highest BCUT2D eigenvalue weighted by Crippen LogP contribution is 2.23. The number of oxazole rings is 1. The Morgan fingerprint density at radius 1 is 1.31 bits per heavy atom. The highest BCUT2D eigenvalue weighted by atomic mass is 16.5. The molecule has 0 aliphatic rings. The van der Waals surface area contributed by atoms with Crippen molar-refractivity contribution < 1.29 is 14.3 Å². The smallest absolute Gasteiger partial charge is 0.197 e. The van der Waals surface area contributed by atoms with Gasteiger partial charge in [0.15, 0.2) is 11.7 Å². The van der Waals surface area contributed by atoms with Gasteiger partial charge < -0.3 is 14.3 Å². The molecule has 0 fully saturated rings. The first kappa shape index (κ1) is 10.7. The van der Waals surface area contributed by atoms with Crippen molar-refractivity contribution in [3.05, 3.63) is 36.4 Å². The molecule has 4 heteroatoms. The van der Waals surface area contributed by atoms with Crippen LogP contribution in [0.4, 0.5) is 0 Å². The fourth-order valence-electron chi connectivity index (χ4n) is 1.41. The third-order valence-corrected chi connectivity index (χ3v) is 2.25. The lowest BCUT2D eigenvalue weighted by molar-refractivity contribution is 0.285. The third-order valence-electron chi connectivity index (χ3n) is 2.25. The van der Waals surface area contributed by atoms with Gasteiger partial charge in [0.2, 0.25) is 0 Å². The van der Waals surface area contributed by atoms with Crippen molar-refractivity contribution in [2.24, 2.45) is 0 Å². The fraction of sp³-hybridized carbons (Fsp3) is 0.250. The molecule has 1 aromatic heterocycles. The van der Waals surface area contributed by atoms with Crippen LogP contribution in [-0.4, -0.2) is 23.8 Å². The predicted molar refractivity (Wildman–Crippen MR) is 59.3 cm³/mol. The molecule has 0 aliphatic carbocycles. The Morgan fingerprint density at radius 2 is 2.06 bits per heavy atom. The zero-order valence-electron chi connectivity index (χ0n) is 9.01. The van der Waals surface area contributed by atoms with E-state index in [-0.39, 0.29) is 6.61 Å². The van der Waals surface area contributed by atoms with E-state index in [1.165, 1.54) is 0 Å². The Morgan fingerprint density at radius 3 is 2.69 bits per heavy atom. The van der Waals surface area contributed by atoms with E-state index in [1.54, 1.807) is 13.3 Å². The van der Waals surface area contributed by atoms with Gasteiger partial charge in [0.05, 0.1) is 19.9 Å². The minimum absolute atomic E-state index is 0.0442. The molecule has 2 rings (SSSR count). The maximum Gasteiger partial charge on any atom is 0.197 e. The maximum absolute atomic E-state index is 8.75. The Labute approximate surface area is 93.5 Å². The fourth-order valence-corrected chi connectivity index (χ4v) is 1.41. The molecular formula is C12H13NO3. The summed E-state index contributed by atoms with van der Waals surface area (Å²) in [5, 5.41) is 8.75. The van der Waals surface area contributed by atoms with Gasteiger partial charge in [-0.3, -0.25) is 0 Å². The van der Waals surface area contributed by atoms with Crippen LogP contribution < -0.4 is 4.74 Å². The van der Waals surface area contributed by atoms with Crippen molar-refractivity contribution in [3.8, 4) is 17.1 Å². The molecule has 1 aromatic carbocycles. The Balaban J connectivity index is 2.21. The largest absolute Gasteiger partial charge is 0.497 e. The average Bonchev–Trinajstić information content (AvgIpc) is 2.78. The van der Waals surface area contributed by atoms with Gasteiger partial charge in [0.25, 0.3) is 0 Å². The molecule has 16 heavy (non-hydrogen) atoms. The lowest BCUT2D eigenvalue weighted by atomic mass is 10.2. The van der Waals surface area contributed by atoms with Crippen LogP contribution in [0.15, 0.2) is 34.9 Å². The molecule has 0 amide bonds. The van der Waals surface area contributed by atoms with E-state index >= 15 is 0 Å². The van der Waals surface area contributed by atoms with E-state index < -0.39 is 0 Å². The second-order valence-corrected chi connectivity index (χ2v) is 3.32.